The van der Waals surface area contributed by atoms with Gasteiger partial charge >= 0.3 is 0 Å². The lowest BCUT2D eigenvalue weighted by molar-refractivity contribution is -0.115. The third-order valence-electron chi connectivity index (χ3n) is 5.19. The van der Waals surface area contributed by atoms with E-state index in [9.17, 15) is 13.6 Å². The summed E-state index contributed by atoms with van der Waals surface area (Å²) in [6.07, 6.45) is 2.91. The van der Waals surface area contributed by atoms with Gasteiger partial charge in [-0.1, -0.05) is 17.7 Å². The van der Waals surface area contributed by atoms with Crippen molar-refractivity contribution in [2.45, 2.75) is 25.3 Å². The molecule has 1 saturated carbocycles. The Morgan fingerprint density at radius 1 is 1.26 bits per heavy atom. The van der Waals surface area contributed by atoms with Crippen molar-refractivity contribution >= 4 is 28.7 Å². The molecule has 11 heteroatoms. The number of carbonyl (C=O) groups excluding carboxylic acids is 1. The molecule has 0 spiro atoms. The maximum absolute atomic E-state index is 13.0. The molecular weight excluding hydrogens is 428 g/mol. The first kappa shape index (κ1) is 19.6. The van der Waals surface area contributed by atoms with Crippen molar-refractivity contribution in [1.82, 2.24) is 29.8 Å². The van der Waals surface area contributed by atoms with Gasteiger partial charge in [0.25, 0.3) is 5.91 Å². The molecule has 0 aliphatic heterocycles. The van der Waals surface area contributed by atoms with Crippen LogP contribution < -0.4 is 5.32 Å². The van der Waals surface area contributed by atoms with E-state index >= 15 is 0 Å². The fraction of sp³-hybridized carbons (Fsp3) is 0.250. The number of rotatable bonds is 5. The minimum atomic E-state index is -2.58. The molecule has 3 aromatic heterocycles. The Labute approximate surface area is 179 Å². The Balaban J connectivity index is 1.34. The van der Waals surface area contributed by atoms with E-state index in [0.29, 0.717) is 33.2 Å². The van der Waals surface area contributed by atoms with Gasteiger partial charge < -0.3 is 5.32 Å². The lowest BCUT2D eigenvalue weighted by Gasteiger charge is -2.34. The summed E-state index contributed by atoms with van der Waals surface area (Å²) in [4.78, 5) is 14.1. The fourth-order valence-corrected chi connectivity index (χ4v) is 3.81. The average molecular weight is 444 g/mol. The minimum absolute atomic E-state index is 0.162. The summed E-state index contributed by atoms with van der Waals surface area (Å²) in [6, 6.07) is 10.4. The number of amides is 1. The molecule has 1 aliphatic rings. The van der Waals surface area contributed by atoms with Crippen molar-refractivity contribution in [2.24, 2.45) is 5.92 Å². The number of halogens is 3. The second-order valence-corrected chi connectivity index (χ2v) is 7.94. The summed E-state index contributed by atoms with van der Waals surface area (Å²) < 4.78 is 27.6. The quantitative estimate of drug-likeness (QED) is 0.504. The number of aromatic nitrogens is 6. The summed E-state index contributed by atoms with van der Waals surface area (Å²) >= 11 is 6.27. The number of pyridine rings is 1. The number of fused-ring (bicyclic) bond motifs is 1. The number of tetrazole rings is 1. The van der Waals surface area contributed by atoms with Crippen LogP contribution in [-0.4, -0.2) is 41.7 Å². The molecular formula is C20H16ClF2N7O. The minimum Gasteiger partial charge on any atom is -0.320 e. The number of carbonyl (C=O) groups is 1. The third-order valence-corrected chi connectivity index (χ3v) is 5.52. The van der Waals surface area contributed by atoms with Crippen LogP contribution in [0.3, 0.4) is 0 Å². The van der Waals surface area contributed by atoms with E-state index in [1.54, 1.807) is 35.0 Å². The molecule has 0 atom stereocenters. The van der Waals surface area contributed by atoms with Crippen molar-refractivity contribution in [2.75, 3.05) is 5.32 Å². The number of nitrogens with zero attached hydrogens (tertiary/aromatic N) is 6. The molecule has 1 amide bonds. The van der Waals surface area contributed by atoms with Crippen LogP contribution in [0.5, 0.6) is 0 Å². The first-order valence-corrected chi connectivity index (χ1v) is 9.95. The number of anilines is 1. The van der Waals surface area contributed by atoms with Gasteiger partial charge in [0.1, 0.15) is 0 Å². The molecule has 4 aromatic rings. The van der Waals surface area contributed by atoms with Gasteiger partial charge in [-0.05, 0) is 41.5 Å². The molecule has 1 N–H and O–H groups in total. The van der Waals surface area contributed by atoms with Crippen molar-refractivity contribution in [3.05, 3.63) is 59.4 Å². The van der Waals surface area contributed by atoms with Gasteiger partial charge in [0.05, 0.1) is 34.5 Å². The van der Waals surface area contributed by atoms with Crippen LogP contribution in [0.4, 0.5) is 14.5 Å². The van der Waals surface area contributed by atoms with Crippen molar-refractivity contribution in [3.8, 4) is 11.4 Å². The van der Waals surface area contributed by atoms with Gasteiger partial charge in [-0.15, -0.1) is 10.2 Å². The highest BCUT2D eigenvalue weighted by Crippen LogP contribution is 2.42. The van der Waals surface area contributed by atoms with Crippen LogP contribution in [0.2, 0.25) is 5.02 Å². The molecule has 0 radical (unpaired) electrons. The van der Waals surface area contributed by atoms with Gasteiger partial charge in [-0.3, -0.25) is 4.79 Å². The molecule has 31 heavy (non-hydrogen) atoms. The number of nitrogens with one attached hydrogen (secondary N) is 1. The number of benzene rings is 1. The zero-order valence-electron chi connectivity index (χ0n) is 16.0. The van der Waals surface area contributed by atoms with E-state index in [2.05, 4.69) is 25.8 Å². The van der Waals surface area contributed by atoms with Crippen LogP contribution in [0.25, 0.3) is 16.9 Å². The van der Waals surface area contributed by atoms with Crippen LogP contribution in [-0.2, 0) is 6.54 Å². The molecule has 3 heterocycles. The molecule has 1 aromatic carbocycles. The van der Waals surface area contributed by atoms with Crippen LogP contribution in [0.1, 0.15) is 23.2 Å². The highest BCUT2D eigenvalue weighted by atomic mass is 35.5. The second kappa shape index (κ2) is 7.38. The topological polar surface area (TPSA) is 90.0 Å². The Morgan fingerprint density at radius 2 is 2.10 bits per heavy atom. The smallest absolute Gasteiger partial charge is 0.259 e. The zero-order chi connectivity index (χ0) is 21.6. The van der Waals surface area contributed by atoms with Gasteiger partial charge in [0.2, 0.25) is 11.7 Å². The summed E-state index contributed by atoms with van der Waals surface area (Å²) in [7, 11) is 0. The van der Waals surface area contributed by atoms with Crippen molar-refractivity contribution in [3.63, 3.8) is 0 Å². The standard InChI is InChI=1S/C20H16ClF2N7O/c21-15-5-4-13(18-26-28-30(27-18)11-12-8-20(22,23)9-12)7-16(15)25-19(31)14-10-24-29-6-2-1-3-17(14)29/h1-7,10,12H,8-9,11H2,(H,25,31). The predicted octanol–water partition coefficient (Wildman–Crippen LogP) is 3.94. The normalized spacial score (nSPS) is 15.7. The molecule has 8 nitrogen and oxygen atoms in total. The summed E-state index contributed by atoms with van der Waals surface area (Å²) in [5, 5.41) is 19.5. The van der Waals surface area contributed by atoms with Gasteiger partial charge in [-0.2, -0.15) is 9.90 Å². The first-order valence-electron chi connectivity index (χ1n) is 9.57. The van der Waals surface area contributed by atoms with Gasteiger partial charge in [0.15, 0.2) is 0 Å². The molecule has 5 rings (SSSR count). The van der Waals surface area contributed by atoms with E-state index in [0.717, 1.165) is 0 Å². The van der Waals surface area contributed by atoms with Crippen LogP contribution in [0.15, 0.2) is 48.8 Å². The lowest BCUT2D eigenvalue weighted by atomic mass is 9.81. The molecule has 0 saturated heterocycles. The largest absolute Gasteiger partial charge is 0.320 e. The SMILES string of the molecule is O=C(Nc1cc(-c2nnn(CC3CC(F)(F)C3)n2)ccc1Cl)c1cnn2ccccc12. The van der Waals surface area contributed by atoms with Crippen LogP contribution in [0, 0.1) is 5.92 Å². The average Bonchev–Trinajstić information content (AvgIpc) is 3.35. The molecule has 0 unspecified atom stereocenters. The first-order chi connectivity index (χ1) is 14.9. The number of hydrogen-bond donors (Lipinski definition) is 1. The molecule has 0 bridgehead atoms. The lowest BCUT2D eigenvalue weighted by Crippen LogP contribution is -2.38. The Morgan fingerprint density at radius 3 is 2.90 bits per heavy atom. The number of alkyl halides is 2. The van der Waals surface area contributed by atoms with E-state index in [-0.39, 0.29) is 31.2 Å². The van der Waals surface area contributed by atoms with E-state index < -0.39 is 5.92 Å². The van der Waals surface area contributed by atoms with Crippen molar-refractivity contribution in [1.29, 1.82) is 0 Å². The molecule has 1 aliphatic carbocycles. The maximum atomic E-state index is 13.0. The Kier molecular flexibility index (Phi) is 4.66. The summed E-state index contributed by atoms with van der Waals surface area (Å²) in [6.45, 7) is 0.286. The van der Waals surface area contributed by atoms with Gasteiger partial charge in [0, 0.05) is 24.6 Å². The third kappa shape index (κ3) is 3.86. The van der Waals surface area contributed by atoms with E-state index in [1.807, 2.05) is 12.1 Å². The summed E-state index contributed by atoms with van der Waals surface area (Å²) in [5.74, 6) is -2.79. The van der Waals surface area contributed by atoms with Gasteiger partial charge in [-0.25, -0.2) is 13.3 Å². The zero-order valence-corrected chi connectivity index (χ0v) is 16.8. The monoisotopic (exact) mass is 443 g/mol. The van der Waals surface area contributed by atoms with E-state index in [4.69, 9.17) is 11.6 Å². The Bertz CT molecular complexity index is 1280. The number of hydrogen-bond acceptors (Lipinski definition) is 5. The Hall–Kier alpha value is -3.40. The maximum Gasteiger partial charge on any atom is 0.259 e. The summed E-state index contributed by atoms with van der Waals surface area (Å²) in [5.41, 5.74) is 2.04. The van der Waals surface area contributed by atoms with Crippen molar-refractivity contribution < 1.29 is 13.6 Å². The molecule has 1 fully saturated rings. The van der Waals surface area contributed by atoms with Crippen LogP contribution >= 0.6 is 11.6 Å². The second-order valence-electron chi connectivity index (χ2n) is 7.54. The highest BCUT2D eigenvalue weighted by Gasteiger charge is 2.45. The fourth-order valence-electron chi connectivity index (χ4n) is 3.64. The van der Waals surface area contributed by atoms with E-state index in [1.165, 1.54) is 11.0 Å². The predicted molar refractivity (Wildman–Crippen MR) is 109 cm³/mol. The highest BCUT2D eigenvalue weighted by molar-refractivity contribution is 6.34. The molecule has 158 valence electrons.